The molecule has 0 atom stereocenters. The van der Waals surface area contributed by atoms with Gasteiger partial charge in [0.1, 0.15) is 11.6 Å². The fourth-order valence-electron chi connectivity index (χ4n) is 2.98. The first-order chi connectivity index (χ1) is 15.0. The van der Waals surface area contributed by atoms with E-state index in [9.17, 15) is 18.4 Å². The number of esters is 1. The van der Waals surface area contributed by atoms with Crippen LogP contribution in [0.2, 0.25) is 0 Å². The van der Waals surface area contributed by atoms with E-state index < -0.39 is 30.1 Å². The van der Waals surface area contributed by atoms with Gasteiger partial charge in [0.05, 0.1) is 33.4 Å². The summed E-state index contributed by atoms with van der Waals surface area (Å²) in [5.74, 6) is -3.19. The van der Waals surface area contributed by atoms with Crippen LogP contribution in [-0.4, -0.2) is 33.2 Å². The molecule has 0 saturated heterocycles. The van der Waals surface area contributed by atoms with Gasteiger partial charge in [-0.15, -0.1) is 11.3 Å². The Morgan fingerprint density at radius 1 is 1.23 bits per heavy atom. The van der Waals surface area contributed by atoms with Crippen LogP contribution >= 0.6 is 11.3 Å². The van der Waals surface area contributed by atoms with Gasteiger partial charge in [0.15, 0.2) is 12.3 Å². The van der Waals surface area contributed by atoms with Crippen LogP contribution in [0, 0.1) is 11.6 Å². The van der Waals surface area contributed by atoms with Crippen LogP contribution in [0.4, 0.5) is 14.5 Å². The molecule has 4 rings (SSSR count). The number of carbonyl (C=O) groups excluding carboxylic acids is 2. The van der Waals surface area contributed by atoms with E-state index in [2.05, 4.69) is 15.4 Å². The topological polar surface area (TPSA) is 86.1 Å². The van der Waals surface area contributed by atoms with Gasteiger partial charge < -0.3 is 10.1 Å². The second kappa shape index (κ2) is 8.60. The molecular weight excluding hydrogens is 426 g/mol. The van der Waals surface area contributed by atoms with Crippen molar-refractivity contribution in [2.24, 2.45) is 0 Å². The maximum absolute atomic E-state index is 13.7. The number of aryl methyl sites for hydroxylation is 1. The molecule has 1 aromatic carbocycles. The van der Waals surface area contributed by atoms with Gasteiger partial charge in [0, 0.05) is 12.6 Å². The number of fused-ring (bicyclic) bond motifs is 1. The molecule has 1 N–H and O–H groups in total. The summed E-state index contributed by atoms with van der Waals surface area (Å²) in [7, 11) is 0. The van der Waals surface area contributed by atoms with Gasteiger partial charge >= 0.3 is 5.97 Å². The van der Waals surface area contributed by atoms with Crippen molar-refractivity contribution in [3.8, 4) is 10.6 Å². The number of nitrogens with zero attached hydrogens (tertiary/aromatic N) is 3. The zero-order valence-electron chi connectivity index (χ0n) is 16.3. The number of halogens is 2. The van der Waals surface area contributed by atoms with Crippen molar-refractivity contribution in [1.82, 2.24) is 14.8 Å². The molecule has 0 unspecified atom stereocenters. The monoisotopic (exact) mass is 442 g/mol. The van der Waals surface area contributed by atoms with Crippen molar-refractivity contribution in [1.29, 1.82) is 0 Å². The molecule has 0 aliphatic carbocycles. The molecule has 158 valence electrons. The van der Waals surface area contributed by atoms with E-state index in [0.717, 1.165) is 17.0 Å². The molecule has 0 bridgehead atoms. The number of hydrogen-bond acceptors (Lipinski definition) is 6. The first-order valence-electron chi connectivity index (χ1n) is 9.28. The predicted octanol–water partition coefficient (Wildman–Crippen LogP) is 4.25. The molecule has 0 fully saturated rings. The molecule has 4 aromatic rings. The van der Waals surface area contributed by atoms with Crippen molar-refractivity contribution in [3.05, 3.63) is 65.2 Å². The summed E-state index contributed by atoms with van der Waals surface area (Å²) in [4.78, 5) is 30.3. The Bertz CT molecular complexity index is 1270. The smallest absolute Gasteiger partial charge is 0.339 e. The standard InChI is InChI=1S/C21H16F2N4O3S/c1-2-27-20-14(10-24-27)13(9-17(26-20)18-4-3-7-31-18)21(29)30-11-19(28)25-16-6-5-12(22)8-15(16)23/h3-10H,2,11H2,1H3,(H,25,28). The molecule has 31 heavy (non-hydrogen) atoms. The van der Waals surface area contributed by atoms with E-state index in [1.807, 2.05) is 24.4 Å². The van der Waals surface area contributed by atoms with Gasteiger partial charge in [-0.05, 0) is 36.6 Å². The Balaban J connectivity index is 1.55. The Morgan fingerprint density at radius 3 is 2.77 bits per heavy atom. The number of benzene rings is 1. The summed E-state index contributed by atoms with van der Waals surface area (Å²) in [6.07, 6.45) is 1.52. The highest BCUT2D eigenvalue weighted by Gasteiger charge is 2.20. The lowest BCUT2D eigenvalue weighted by Crippen LogP contribution is -2.21. The van der Waals surface area contributed by atoms with Crippen molar-refractivity contribution >= 4 is 39.9 Å². The van der Waals surface area contributed by atoms with E-state index >= 15 is 0 Å². The van der Waals surface area contributed by atoms with E-state index in [0.29, 0.717) is 29.3 Å². The summed E-state index contributed by atoms with van der Waals surface area (Å²) >= 11 is 1.47. The number of carbonyl (C=O) groups is 2. The van der Waals surface area contributed by atoms with Gasteiger partial charge in [-0.3, -0.25) is 4.79 Å². The van der Waals surface area contributed by atoms with Crippen LogP contribution in [0.1, 0.15) is 17.3 Å². The Morgan fingerprint density at radius 2 is 2.06 bits per heavy atom. The number of pyridine rings is 1. The van der Waals surface area contributed by atoms with Gasteiger partial charge in [-0.2, -0.15) is 5.10 Å². The molecule has 3 aromatic heterocycles. The molecule has 0 spiro atoms. The first kappa shape index (κ1) is 20.6. The summed E-state index contributed by atoms with van der Waals surface area (Å²) in [5, 5.41) is 8.88. The van der Waals surface area contributed by atoms with Crippen LogP contribution < -0.4 is 5.32 Å². The average Bonchev–Trinajstić information content (AvgIpc) is 3.43. The second-order valence-corrected chi connectivity index (χ2v) is 7.43. The Hall–Kier alpha value is -3.66. The van der Waals surface area contributed by atoms with E-state index in [1.165, 1.54) is 17.5 Å². The number of rotatable bonds is 6. The number of anilines is 1. The molecule has 1 amide bonds. The lowest BCUT2D eigenvalue weighted by atomic mass is 10.1. The summed E-state index contributed by atoms with van der Waals surface area (Å²) in [6.45, 7) is 1.82. The normalized spacial score (nSPS) is 10.9. The van der Waals surface area contributed by atoms with Crippen LogP contribution in [0.3, 0.4) is 0 Å². The highest BCUT2D eigenvalue weighted by molar-refractivity contribution is 7.13. The minimum absolute atomic E-state index is 0.210. The predicted molar refractivity (Wildman–Crippen MR) is 112 cm³/mol. The molecule has 0 aliphatic heterocycles. The van der Waals surface area contributed by atoms with Crippen LogP contribution in [0.15, 0.2) is 48.0 Å². The molecule has 0 aliphatic rings. The molecule has 0 radical (unpaired) electrons. The number of aromatic nitrogens is 3. The lowest BCUT2D eigenvalue weighted by Gasteiger charge is -2.09. The molecule has 3 heterocycles. The molecule has 10 heteroatoms. The number of thiophene rings is 1. The van der Waals surface area contributed by atoms with Crippen LogP contribution in [-0.2, 0) is 16.1 Å². The van der Waals surface area contributed by atoms with Gasteiger partial charge in [-0.1, -0.05) is 6.07 Å². The molecule has 0 saturated carbocycles. The highest BCUT2D eigenvalue weighted by Crippen LogP contribution is 2.28. The number of nitrogens with one attached hydrogen (secondary N) is 1. The summed E-state index contributed by atoms with van der Waals surface area (Å²) in [6, 6.07) is 8.09. The summed E-state index contributed by atoms with van der Waals surface area (Å²) in [5.41, 5.74) is 1.12. The highest BCUT2D eigenvalue weighted by atomic mass is 32.1. The van der Waals surface area contributed by atoms with Gasteiger partial charge in [0.2, 0.25) is 0 Å². The summed E-state index contributed by atoms with van der Waals surface area (Å²) < 4.78 is 33.5. The number of ether oxygens (including phenoxy) is 1. The minimum Gasteiger partial charge on any atom is -0.452 e. The van der Waals surface area contributed by atoms with E-state index in [4.69, 9.17) is 4.74 Å². The fraction of sp³-hybridized carbons (Fsp3) is 0.143. The Labute approximate surface area is 179 Å². The quantitative estimate of drug-likeness (QED) is 0.451. The van der Waals surface area contributed by atoms with E-state index in [-0.39, 0.29) is 11.3 Å². The van der Waals surface area contributed by atoms with Crippen molar-refractivity contribution < 1.29 is 23.1 Å². The number of amides is 1. The lowest BCUT2D eigenvalue weighted by molar-refractivity contribution is -0.119. The zero-order valence-corrected chi connectivity index (χ0v) is 17.1. The van der Waals surface area contributed by atoms with Crippen LogP contribution in [0.25, 0.3) is 21.6 Å². The van der Waals surface area contributed by atoms with Gasteiger partial charge in [-0.25, -0.2) is 23.2 Å². The average molecular weight is 442 g/mol. The van der Waals surface area contributed by atoms with Gasteiger partial charge in [0.25, 0.3) is 5.91 Å². The fourth-order valence-corrected chi connectivity index (χ4v) is 3.67. The molecular formula is C21H16F2N4O3S. The second-order valence-electron chi connectivity index (χ2n) is 6.48. The van der Waals surface area contributed by atoms with E-state index in [1.54, 1.807) is 10.7 Å². The zero-order chi connectivity index (χ0) is 22.0. The first-order valence-corrected chi connectivity index (χ1v) is 10.2. The van der Waals surface area contributed by atoms with Crippen LogP contribution in [0.5, 0.6) is 0 Å². The third-order valence-electron chi connectivity index (χ3n) is 4.44. The maximum Gasteiger partial charge on any atom is 0.339 e. The minimum atomic E-state index is -0.928. The third kappa shape index (κ3) is 4.29. The third-order valence-corrected chi connectivity index (χ3v) is 5.33. The largest absolute Gasteiger partial charge is 0.452 e. The van der Waals surface area contributed by atoms with Crippen molar-refractivity contribution in [3.63, 3.8) is 0 Å². The molecule has 7 nitrogen and oxygen atoms in total. The maximum atomic E-state index is 13.7. The Kier molecular flexibility index (Phi) is 5.72. The SMILES string of the molecule is CCn1ncc2c(C(=O)OCC(=O)Nc3ccc(F)cc3F)cc(-c3cccs3)nc21. The van der Waals surface area contributed by atoms with Crippen molar-refractivity contribution in [2.45, 2.75) is 13.5 Å². The van der Waals surface area contributed by atoms with Crippen molar-refractivity contribution in [2.75, 3.05) is 11.9 Å². The number of hydrogen-bond donors (Lipinski definition) is 1.